The highest BCUT2D eigenvalue weighted by molar-refractivity contribution is 6.31. The molecule has 0 atom stereocenters. The van der Waals surface area contributed by atoms with Gasteiger partial charge in [-0.1, -0.05) is 41.9 Å². The minimum Gasteiger partial charge on any atom is -0.493 e. The van der Waals surface area contributed by atoms with Gasteiger partial charge in [-0.15, -0.1) is 0 Å². The third kappa shape index (κ3) is 4.90. The SMILES string of the molecule is COc1cccc(CNc2ccc(N(C)C)cc2)c1OCc1ccccc1Cl. The van der Waals surface area contributed by atoms with Gasteiger partial charge >= 0.3 is 0 Å². The second kappa shape index (κ2) is 9.38. The van der Waals surface area contributed by atoms with E-state index in [-0.39, 0.29) is 0 Å². The predicted octanol–water partition coefficient (Wildman–Crippen LogP) is 5.61. The summed E-state index contributed by atoms with van der Waals surface area (Å²) in [5, 5.41) is 4.14. The van der Waals surface area contributed by atoms with Crippen molar-refractivity contribution >= 4 is 23.0 Å². The lowest BCUT2D eigenvalue weighted by atomic mass is 10.1. The Labute approximate surface area is 171 Å². The van der Waals surface area contributed by atoms with Crippen LogP contribution in [0.3, 0.4) is 0 Å². The van der Waals surface area contributed by atoms with Crippen molar-refractivity contribution in [2.45, 2.75) is 13.2 Å². The van der Waals surface area contributed by atoms with E-state index < -0.39 is 0 Å². The highest BCUT2D eigenvalue weighted by Gasteiger charge is 2.12. The van der Waals surface area contributed by atoms with E-state index in [1.165, 1.54) is 0 Å². The van der Waals surface area contributed by atoms with Gasteiger partial charge in [0.25, 0.3) is 0 Å². The largest absolute Gasteiger partial charge is 0.493 e. The molecule has 0 saturated heterocycles. The molecule has 3 rings (SSSR count). The first-order valence-electron chi connectivity index (χ1n) is 9.12. The van der Waals surface area contributed by atoms with Crippen LogP contribution >= 0.6 is 11.6 Å². The molecule has 0 amide bonds. The average Bonchev–Trinajstić information content (AvgIpc) is 2.72. The van der Waals surface area contributed by atoms with Crippen molar-refractivity contribution in [3.8, 4) is 11.5 Å². The Morgan fingerprint density at radius 2 is 1.61 bits per heavy atom. The van der Waals surface area contributed by atoms with Gasteiger partial charge in [0, 0.05) is 48.2 Å². The van der Waals surface area contributed by atoms with Gasteiger partial charge in [0.05, 0.1) is 7.11 Å². The Hall–Kier alpha value is -2.85. The Balaban J connectivity index is 1.74. The molecule has 0 aliphatic rings. The number of halogens is 1. The van der Waals surface area contributed by atoms with Crippen molar-refractivity contribution in [3.05, 3.63) is 82.9 Å². The van der Waals surface area contributed by atoms with Crippen LogP contribution in [-0.2, 0) is 13.2 Å². The van der Waals surface area contributed by atoms with E-state index >= 15 is 0 Å². The molecule has 0 radical (unpaired) electrons. The van der Waals surface area contributed by atoms with Crippen LogP contribution in [0.15, 0.2) is 66.7 Å². The fourth-order valence-corrected chi connectivity index (χ4v) is 3.06. The van der Waals surface area contributed by atoms with Crippen LogP contribution in [0.25, 0.3) is 0 Å². The summed E-state index contributed by atoms with van der Waals surface area (Å²) in [5.41, 5.74) is 4.16. The van der Waals surface area contributed by atoms with Crippen LogP contribution in [0.1, 0.15) is 11.1 Å². The summed E-state index contributed by atoms with van der Waals surface area (Å²) >= 11 is 6.25. The van der Waals surface area contributed by atoms with Gasteiger partial charge in [0.15, 0.2) is 11.5 Å². The maximum absolute atomic E-state index is 6.25. The molecule has 3 aromatic carbocycles. The number of ether oxygens (including phenoxy) is 2. The van der Waals surface area contributed by atoms with Crippen molar-refractivity contribution < 1.29 is 9.47 Å². The molecule has 0 aliphatic carbocycles. The lowest BCUT2D eigenvalue weighted by Crippen LogP contribution is -2.08. The molecule has 0 unspecified atom stereocenters. The molecule has 0 aromatic heterocycles. The van der Waals surface area contributed by atoms with E-state index in [4.69, 9.17) is 21.1 Å². The molecule has 146 valence electrons. The van der Waals surface area contributed by atoms with Gasteiger partial charge in [-0.05, 0) is 36.4 Å². The number of benzene rings is 3. The van der Waals surface area contributed by atoms with Crippen molar-refractivity contribution in [2.75, 3.05) is 31.4 Å². The van der Waals surface area contributed by atoms with Gasteiger partial charge < -0.3 is 19.7 Å². The number of methoxy groups -OCH3 is 1. The Bertz CT molecular complexity index is 911. The zero-order valence-corrected chi connectivity index (χ0v) is 17.2. The van der Waals surface area contributed by atoms with Crippen molar-refractivity contribution in [3.63, 3.8) is 0 Å². The minimum atomic E-state index is 0.380. The third-order valence-corrected chi connectivity index (χ3v) is 4.85. The van der Waals surface area contributed by atoms with Crippen LogP contribution in [-0.4, -0.2) is 21.2 Å². The number of nitrogens with zero attached hydrogens (tertiary/aromatic N) is 1. The molecular formula is C23H25ClN2O2. The van der Waals surface area contributed by atoms with Gasteiger partial charge in [0.1, 0.15) is 6.61 Å². The second-order valence-corrected chi connectivity index (χ2v) is 7.03. The summed E-state index contributed by atoms with van der Waals surface area (Å²) in [6.45, 7) is 1.00. The highest BCUT2D eigenvalue weighted by Crippen LogP contribution is 2.33. The van der Waals surface area contributed by atoms with Gasteiger partial charge in [0.2, 0.25) is 0 Å². The predicted molar refractivity (Wildman–Crippen MR) is 117 cm³/mol. The minimum absolute atomic E-state index is 0.380. The Kier molecular flexibility index (Phi) is 6.66. The van der Waals surface area contributed by atoms with E-state index in [1.54, 1.807) is 7.11 Å². The van der Waals surface area contributed by atoms with E-state index in [1.807, 2.05) is 56.6 Å². The molecule has 1 N–H and O–H groups in total. The number of para-hydroxylation sites is 1. The summed E-state index contributed by atoms with van der Waals surface area (Å²) in [5.74, 6) is 1.43. The standard InChI is InChI=1S/C23H25ClN2O2/c1-26(2)20-13-11-19(12-14-20)25-15-17-8-6-10-22(27-3)23(17)28-16-18-7-4-5-9-21(18)24/h4-14,25H,15-16H2,1-3H3. The molecule has 0 bridgehead atoms. The van der Waals surface area contributed by atoms with E-state index in [2.05, 4.69) is 34.5 Å². The molecule has 0 fully saturated rings. The van der Waals surface area contributed by atoms with Gasteiger partial charge in [-0.25, -0.2) is 0 Å². The zero-order valence-electron chi connectivity index (χ0n) is 16.4. The first kappa shape index (κ1) is 19.9. The number of rotatable bonds is 8. The lowest BCUT2D eigenvalue weighted by Gasteiger charge is -2.17. The molecule has 28 heavy (non-hydrogen) atoms. The molecule has 0 heterocycles. The number of hydrogen-bond acceptors (Lipinski definition) is 4. The maximum atomic E-state index is 6.25. The second-order valence-electron chi connectivity index (χ2n) is 6.62. The summed E-state index contributed by atoms with van der Waals surface area (Å²) < 4.78 is 11.6. The van der Waals surface area contributed by atoms with Crippen LogP contribution in [0.4, 0.5) is 11.4 Å². The number of nitrogens with one attached hydrogen (secondary N) is 1. The molecule has 0 aliphatic heterocycles. The van der Waals surface area contributed by atoms with Crippen LogP contribution < -0.4 is 19.7 Å². The lowest BCUT2D eigenvalue weighted by molar-refractivity contribution is 0.282. The quantitative estimate of drug-likeness (QED) is 0.537. The van der Waals surface area contributed by atoms with Crippen LogP contribution in [0, 0.1) is 0 Å². The summed E-state index contributed by atoms with van der Waals surface area (Å²) in [7, 11) is 5.71. The topological polar surface area (TPSA) is 33.7 Å². The molecule has 4 nitrogen and oxygen atoms in total. The van der Waals surface area contributed by atoms with Crippen molar-refractivity contribution in [2.24, 2.45) is 0 Å². The monoisotopic (exact) mass is 396 g/mol. The molecule has 3 aromatic rings. The third-order valence-electron chi connectivity index (χ3n) is 4.48. The fourth-order valence-electron chi connectivity index (χ4n) is 2.87. The summed E-state index contributed by atoms with van der Waals surface area (Å²) in [6.07, 6.45) is 0. The molecule has 0 saturated carbocycles. The summed E-state index contributed by atoms with van der Waals surface area (Å²) in [4.78, 5) is 2.08. The average molecular weight is 397 g/mol. The van der Waals surface area contributed by atoms with Crippen molar-refractivity contribution in [1.29, 1.82) is 0 Å². The first-order valence-corrected chi connectivity index (χ1v) is 9.49. The van der Waals surface area contributed by atoms with Gasteiger partial charge in [-0.3, -0.25) is 0 Å². The van der Waals surface area contributed by atoms with E-state index in [0.717, 1.165) is 28.3 Å². The zero-order chi connectivity index (χ0) is 19.9. The highest BCUT2D eigenvalue weighted by atomic mass is 35.5. The number of anilines is 2. The number of hydrogen-bond donors (Lipinski definition) is 1. The van der Waals surface area contributed by atoms with Crippen molar-refractivity contribution in [1.82, 2.24) is 0 Å². The summed E-state index contributed by atoms with van der Waals surface area (Å²) in [6, 6.07) is 21.9. The Morgan fingerprint density at radius 1 is 0.893 bits per heavy atom. The molecule has 5 heteroatoms. The fraction of sp³-hybridized carbons (Fsp3) is 0.217. The smallest absolute Gasteiger partial charge is 0.166 e. The molecular weight excluding hydrogens is 372 g/mol. The van der Waals surface area contributed by atoms with Crippen LogP contribution in [0.2, 0.25) is 5.02 Å². The van der Waals surface area contributed by atoms with E-state index in [9.17, 15) is 0 Å². The molecule has 0 spiro atoms. The first-order chi connectivity index (χ1) is 13.6. The van der Waals surface area contributed by atoms with Crippen LogP contribution in [0.5, 0.6) is 11.5 Å². The van der Waals surface area contributed by atoms with E-state index in [0.29, 0.717) is 23.9 Å². The Morgan fingerprint density at radius 3 is 2.29 bits per heavy atom. The maximum Gasteiger partial charge on any atom is 0.166 e. The normalized spacial score (nSPS) is 10.4. The van der Waals surface area contributed by atoms with Gasteiger partial charge in [-0.2, -0.15) is 0 Å².